The summed E-state index contributed by atoms with van der Waals surface area (Å²) in [4.78, 5) is 14.0. The molecule has 1 heterocycles. The summed E-state index contributed by atoms with van der Waals surface area (Å²) in [6, 6.07) is 1.71. The van der Waals surface area contributed by atoms with E-state index in [0.717, 1.165) is 4.47 Å². The van der Waals surface area contributed by atoms with Crippen LogP contribution in [0.15, 0.2) is 16.7 Å². The number of amides is 1. The monoisotopic (exact) mass is 231 g/mol. The zero-order valence-electron chi connectivity index (χ0n) is 6.43. The van der Waals surface area contributed by atoms with Crippen molar-refractivity contribution in [1.82, 2.24) is 10.3 Å². The summed E-state index contributed by atoms with van der Waals surface area (Å²) >= 11 is 3.23. The highest BCUT2D eigenvalue weighted by molar-refractivity contribution is 9.10. The van der Waals surface area contributed by atoms with Crippen molar-refractivity contribution in [2.45, 2.75) is 0 Å². The van der Waals surface area contributed by atoms with Crippen molar-refractivity contribution in [2.75, 3.05) is 13.1 Å². The van der Waals surface area contributed by atoms with Gasteiger partial charge in [0.25, 0.3) is 5.91 Å². The van der Waals surface area contributed by atoms with Crippen LogP contribution in [0.1, 0.15) is 10.5 Å². The second kappa shape index (κ2) is 4.27. The fourth-order valence-corrected chi connectivity index (χ4v) is 1.12. The average Bonchev–Trinajstić information content (AvgIpc) is 2.47. The molecular weight excluding hydrogens is 222 g/mol. The molecule has 0 radical (unpaired) electrons. The van der Waals surface area contributed by atoms with Crippen LogP contribution in [0.5, 0.6) is 0 Å². The van der Waals surface area contributed by atoms with Gasteiger partial charge in [0.1, 0.15) is 5.69 Å². The molecule has 0 aromatic carbocycles. The summed E-state index contributed by atoms with van der Waals surface area (Å²) in [7, 11) is 0. The van der Waals surface area contributed by atoms with Gasteiger partial charge in [-0.15, -0.1) is 0 Å². The molecule has 1 aromatic heterocycles. The Morgan fingerprint density at radius 2 is 2.50 bits per heavy atom. The topological polar surface area (TPSA) is 70.9 Å². The molecule has 0 aliphatic rings. The van der Waals surface area contributed by atoms with Crippen LogP contribution < -0.4 is 11.1 Å². The Hall–Kier alpha value is -0.810. The van der Waals surface area contributed by atoms with E-state index in [4.69, 9.17) is 5.73 Å². The molecule has 5 heteroatoms. The van der Waals surface area contributed by atoms with Crippen molar-refractivity contribution in [3.05, 3.63) is 22.4 Å². The van der Waals surface area contributed by atoms with Crippen molar-refractivity contribution in [2.24, 2.45) is 5.73 Å². The van der Waals surface area contributed by atoms with Crippen molar-refractivity contribution in [3.8, 4) is 0 Å². The van der Waals surface area contributed by atoms with Crippen LogP contribution in [0.25, 0.3) is 0 Å². The highest BCUT2D eigenvalue weighted by Crippen LogP contribution is 2.09. The minimum absolute atomic E-state index is 0.133. The number of H-pyrrole nitrogens is 1. The zero-order chi connectivity index (χ0) is 8.97. The smallest absolute Gasteiger partial charge is 0.267 e. The molecular formula is C7H10BrN3O. The largest absolute Gasteiger partial charge is 0.356 e. The molecule has 0 bridgehead atoms. The van der Waals surface area contributed by atoms with Gasteiger partial charge in [-0.05, 0) is 22.0 Å². The first-order chi connectivity index (χ1) is 5.74. The predicted molar refractivity (Wildman–Crippen MR) is 49.9 cm³/mol. The van der Waals surface area contributed by atoms with Crippen molar-refractivity contribution < 1.29 is 4.79 Å². The molecule has 4 N–H and O–H groups in total. The Morgan fingerprint density at radius 3 is 3.00 bits per heavy atom. The van der Waals surface area contributed by atoms with Crippen molar-refractivity contribution in [3.63, 3.8) is 0 Å². The van der Waals surface area contributed by atoms with Crippen LogP contribution in [-0.2, 0) is 0 Å². The van der Waals surface area contributed by atoms with E-state index in [1.54, 1.807) is 12.3 Å². The Labute approximate surface area is 78.7 Å². The van der Waals surface area contributed by atoms with Gasteiger partial charge in [0.2, 0.25) is 0 Å². The normalized spacial score (nSPS) is 9.83. The fraction of sp³-hybridized carbons (Fsp3) is 0.286. The number of hydrogen-bond donors (Lipinski definition) is 3. The van der Waals surface area contributed by atoms with Gasteiger partial charge >= 0.3 is 0 Å². The molecule has 1 amide bonds. The number of nitrogens with one attached hydrogen (secondary N) is 2. The molecule has 0 atom stereocenters. The molecule has 0 aliphatic heterocycles. The van der Waals surface area contributed by atoms with Crippen LogP contribution in [0, 0.1) is 0 Å². The van der Waals surface area contributed by atoms with Crippen molar-refractivity contribution in [1.29, 1.82) is 0 Å². The maximum absolute atomic E-state index is 11.2. The lowest BCUT2D eigenvalue weighted by Gasteiger charge is -1.99. The summed E-state index contributed by atoms with van der Waals surface area (Å²) in [6.07, 6.45) is 1.71. The van der Waals surface area contributed by atoms with E-state index in [1.807, 2.05) is 0 Å². The van der Waals surface area contributed by atoms with Gasteiger partial charge in [-0.2, -0.15) is 0 Å². The predicted octanol–water partition coefficient (Wildman–Crippen LogP) is 0.466. The third-order valence-electron chi connectivity index (χ3n) is 1.32. The third-order valence-corrected chi connectivity index (χ3v) is 1.78. The minimum Gasteiger partial charge on any atom is -0.356 e. The molecule has 12 heavy (non-hydrogen) atoms. The number of halogens is 1. The highest BCUT2D eigenvalue weighted by Gasteiger charge is 2.05. The van der Waals surface area contributed by atoms with E-state index in [1.165, 1.54) is 0 Å². The molecule has 0 saturated carbocycles. The number of carbonyl (C=O) groups excluding carboxylic acids is 1. The minimum atomic E-state index is -0.133. The lowest BCUT2D eigenvalue weighted by molar-refractivity contribution is 0.0950. The van der Waals surface area contributed by atoms with Crippen LogP contribution >= 0.6 is 15.9 Å². The van der Waals surface area contributed by atoms with E-state index in [9.17, 15) is 4.79 Å². The summed E-state index contributed by atoms with van der Waals surface area (Å²) in [6.45, 7) is 0.948. The zero-order valence-corrected chi connectivity index (χ0v) is 8.02. The number of aromatic amines is 1. The SMILES string of the molecule is NCCNC(=O)c1cc(Br)c[nH]1. The van der Waals surface area contributed by atoms with Gasteiger partial charge in [-0.25, -0.2) is 0 Å². The number of nitrogens with two attached hydrogens (primary N) is 1. The van der Waals surface area contributed by atoms with E-state index in [0.29, 0.717) is 18.8 Å². The summed E-state index contributed by atoms with van der Waals surface area (Å²) in [5, 5.41) is 2.65. The average molecular weight is 232 g/mol. The fourth-order valence-electron chi connectivity index (χ4n) is 0.780. The first-order valence-corrected chi connectivity index (χ1v) is 4.35. The molecule has 1 rings (SSSR count). The second-order valence-corrected chi connectivity index (χ2v) is 3.19. The lowest BCUT2D eigenvalue weighted by atomic mass is 10.4. The van der Waals surface area contributed by atoms with Gasteiger partial charge in [0.05, 0.1) is 0 Å². The van der Waals surface area contributed by atoms with Gasteiger partial charge < -0.3 is 16.0 Å². The maximum atomic E-state index is 11.2. The summed E-state index contributed by atoms with van der Waals surface area (Å²) in [5.74, 6) is -0.133. The van der Waals surface area contributed by atoms with E-state index in [2.05, 4.69) is 26.2 Å². The summed E-state index contributed by atoms with van der Waals surface area (Å²) in [5.41, 5.74) is 5.76. The molecule has 66 valence electrons. The Balaban J connectivity index is 2.53. The molecule has 0 fully saturated rings. The molecule has 0 spiro atoms. The van der Waals surface area contributed by atoms with Gasteiger partial charge in [0.15, 0.2) is 0 Å². The molecule has 0 saturated heterocycles. The Bertz CT molecular complexity index is 271. The first kappa shape index (κ1) is 9.28. The molecule has 4 nitrogen and oxygen atoms in total. The van der Waals surface area contributed by atoms with Crippen LogP contribution in [0.3, 0.4) is 0 Å². The number of hydrogen-bond acceptors (Lipinski definition) is 2. The third kappa shape index (κ3) is 2.35. The molecule has 1 aromatic rings. The van der Waals surface area contributed by atoms with E-state index < -0.39 is 0 Å². The number of rotatable bonds is 3. The summed E-state index contributed by atoms with van der Waals surface area (Å²) < 4.78 is 0.861. The van der Waals surface area contributed by atoms with E-state index in [-0.39, 0.29) is 5.91 Å². The van der Waals surface area contributed by atoms with Crippen LogP contribution in [0.2, 0.25) is 0 Å². The molecule has 0 aliphatic carbocycles. The van der Waals surface area contributed by atoms with Gasteiger partial charge in [0, 0.05) is 23.8 Å². The van der Waals surface area contributed by atoms with Crippen LogP contribution in [0.4, 0.5) is 0 Å². The Morgan fingerprint density at radius 1 is 1.75 bits per heavy atom. The molecule has 0 unspecified atom stereocenters. The van der Waals surface area contributed by atoms with Gasteiger partial charge in [-0.1, -0.05) is 0 Å². The van der Waals surface area contributed by atoms with Crippen LogP contribution in [-0.4, -0.2) is 24.0 Å². The quantitative estimate of drug-likeness (QED) is 0.708. The second-order valence-electron chi connectivity index (χ2n) is 2.28. The van der Waals surface area contributed by atoms with Gasteiger partial charge in [-0.3, -0.25) is 4.79 Å². The number of aromatic nitrogens is 1. The standard InChI is InChI=1S/C7H10BrN3O/c8-5-3-6(11-4-5)7(12)10-2-1-9/h3-4,11H,1-2,9H2,(H,10,12). The van der Waals surface area contributed by atoms with Crippen molar-refractivity contribution >= 4 is 21.8 Å². The van der Waals surface area contributed by atoms with E-state index >= 15 is 0 Å². The highest BCUT2D eigenvalue weighted by atomic mass is 79.9. The number of carbonyl (C=O) groups is 1. The first-order valence-electron chi connectivity index (χ1n) is 3.56. The maximum Gasteiger partial charge on any atom is 0.267 e. The lowest BCUT2D eigenvalue weighted by Crippen LogP contribution is -2.29. The Kier molecular flexibility index (Phi) is 3.31.